The van der Waals surface area contributed by atoms with Crippen molar-refractivity contribution < 1.29 is 19.4 Å². The molecule has 114 valence electrons. The molecule has 1 aliphatic carbocycles. The maximum atomic E-state index is 11.9. The summed E-state index contributed by atoms with van der Waals surface area (Å²) in [6, 6.07) is -0.0109. The fourth-order valence-electron chi connectivity index (χ4n) is 2.96. The van der Waals surface area contributed by atoms with E-state index in [4.69, 9.17) is 4.74 Å². The third-order valence-electron chi connectivity index (χ3n) is 4.43. The number of hydrogen-bond acceptors (Lipinski definition) is 3. The minimum atomic E-state index is -0.873. The fourth-order valence-corrected chi connectivity index (χ4v) is 2.96. The molecule has 0 aromatic rings. The van der Waals surface area contributed by atoms with Gasteiger partial charge in [0.25, 0.3) is 0 Å². The molecule has 6 nitrogen and oxygen atoms in total. The van der Waals surface area contributed by atoms with Crippen LogP contribution in [0.4, 0.5) is 4.79 Å². The molecule has 2 rings (SSSR count). The van der Waals surface area contributed by atoms with Crippen molar-refractivity contribution in [1.29, 1.82) is 0 Å². The maximum absolute atomic E-state index is 11.9. The highest BCUT2D eigenvalue weighted by molar-refractivity contribution is 5.78. The van der Waals surface area contributed by atoms with Crippen LogP contribution in [-0.4, -0.2) is 42.9 Å². The number of rotatable bonds is 4. The van der Waals surface area contributed by atoms with Crippen molar-refractivity contribution in [3.05, 3.63) is 0 Å². The Hall–Kier alpha value is -1.30. The first-order valence-corrected chi connectivity index (χ1v) is 7.48. The summed E-state index contributed by atoms with van der Waals surface area (Å²) >= 11 is 0. The van der Waals surface area contributed by atoms with Gasteiger partial charge < -0.3 is 20.5 Å². The minimum Gasteiger partial charge on any atom is -0.481 e. The van der Waals surface area contributed by atoms with Gasteiger partial charge in [-0.05, 0) is 25.7 Å². The van der Waals surface area contributed by atoms with Crippen LogP contribution in [0, 0.1) is 5.41 Å². The monoisotopic (exact) mass is 284 g/mol. The second kappa shape index (κ2) is 6.92. The standard InChI is InChI=1S/C14H24N2O4/c17-12(18)14(6-8-20-9-7-14)10-15-13(19)16-11-4-2-1-3-5-11/h11H,1-10H2,(H,17,18)(H2,15,16,19). The van der Waals surface area contributed by atoms with E-state index in [2.05, 4.69) is 10.6 Å². The average molecular weight is 284 g/mol. The van der Waals surface area contributed by atoms with Crippen molar-refractivity contribution in [2.45, 2.75) is 51.0 Å². The van der Waals surface area contributed by atoms with Gasteiger partial charge >= 0.3 is 12.0 Å². The molecule has 0 aromatic heterocycles. The van der Waals surface area contributed by atoms with E-state index in [9.17, 15) is 14.7 Å². The normalized spacial score (nSPS) is 23.0. The Morgan fingerprint density at radius 2 is 1.80 bits per heavy atom. The molecule has 0 unspecified atom stereocenters. The van der Waals surface area contributed by atoms with Crippen LogP contribution >= 0.6 is 0 Å². The number of amides is 2. The van der Waals surface area contributed by atoms with E-state index in [1.165, 1.54) is 6.42 Å². The van der Waals surface area contributed by atoms with E-state index in [0.717, 1.165) is 25.7 Å². The first-order chi connectivity index (χ1) is 9.62. The zero-order valence-corrected chi connectivity index (χ0v) is 11.8. The van der Waals surface area contributed by atoms with E-state index in [0.29, 0.717) is 26.1 Å². The summed E-state index contributed by atoms with van der Waals surface area (Å²) in [5.41, 5.74) is -0.873. The Labute approximate surface area is 119 Å². The summed E-state index contributed by atoms with van der Waals surface area (Å²) in [5.74, 6) is -0.848. The second-order valence-corrected chi connectivity index (χ2v) is 5.86. The van der Waals surface area contributed by atoms with Crippen LogP contribution in [0.3, 0.4) is 0 Å². The zero-order chi connectivity index (χ0) is 14.4. The van der Waals surface area contributed by atoms with E-state index in [1.54, 1.807) is 0 Å². The Morgan fingerprint density at radius 1 is 1.15 bits per heavy atom. The third kappa shape index (κ3) is 3.85. The van der Waals surface area contributed by atoms with Crippen LogP contribution in [0.2, 0.25) is 0 Å². The second-order valence-electron chi connectivity index (χ2n) is 5.86. The highest BCUT2D eigenvalue weighted by Crippen LogP contribution is 2.30. The first-order valence-electron chi connectivity index (χ1n) is 7.48. The molecule has 0 radical (unpaired) electrons. The first kappa shape index (κ1) is 15.1. The highest BCUT2D eigenvalue weighted by atomic mass is 16.5. The molecule has 1 saturated carbocycles. The van der Waals surface area contributed by atoms with Gasteiger partial charge in [-0.25, -0.2) is 4.79 Å². The van der Waals surface area contributed by atoms with Crippen molar-refractivity contribution in [3.8, 4) is 0 Å². The lowest BCUT2D eigenvalue weighted by molar-refractivity contribution is -0.154. The molecule has 1 heterocycles. The van der Waals surface area contributed by atoms with Crippen molar-refractivity contribution >= 4 is 12.0 Å². The van der Waals surface area contributed by atoms with Crippen molar-refractivity contribution in [2.75, 3.05) is 19.8 Å². The summed E-state index contributed by atoms with van der Waals surface area (Å²) in [4.78, 5) is 23.3. The molecule has 0 bridgehead atoms. The summed E-state index contributed by atoms with van der Waals surface area (Å²) < 4.78 is 5.21. The summed E-state index contributed by atoms with van der Waals surface area (Å²) in [5, 5.41) is 15.1. The SMILES string of the molecule is O=C(NCC1(C(=O)O)CCOCC1)NC1CCCCC1. The van der Waals surface area contributed by atoms with Crippen LogP contribution in [0.5, 0.6) is 0 Å². The number of carbonyl (C=O) groups is 2. The molecule has 0 atom stereocenters. The number of carbonyl (C=O) groups excluding carboxylic acids is 1. The van der Waals surface area contributed by atoms with Gasteiger partial charge in [0.1, 0.15) is 0 Å². The van der Waals surface area contributed by atoms with Crippen LogP contribution in [0.25, 0.3) is 0 Å². The molecule has 0 spiro atoms. The van der Waals surface area contributed by atoms with Gasteiger partial charge in [-0.15, -0.1) is 0 Å². The topological polar surface area (TPSA) is 87.7 Å². The van der Waals surface area contributed by atoms with Crippen molar-refractivity contribution in [2.24, 2.45) is 5.41 Å². The number of ether oxygens (including phenoxy) is 1. The van der Waals surface area contributed by atoms with E-state index < -0.39 is 11.4 Å². The van der Waals surface area contributed by atoms with Crippen molar-refractivity contribution in [1.82, 2.24) is 10.6 Å². The zero-order valence-electron chi connectivity index (χ0n) is 11.8. The summed E-state index contributed by atoms with van der Waals surface area (Å²) in [6.07, 6.45) is 6.49. The minimum absolute atomic E-state index is 0.171. The number of carboxylic acids is 1. The molecule has 20 heavy (non-hydrogen) atoms. The predicted molar refractivity (Wildman–Crippen MR) is 73.5 cm³/mol. The maximum Gasteiger partial charge on any atom is 0.315 e. The summed E-state index contributed by atoms with van der Waals surface area (Å²) in [7, 11) is 0. The molecule has 0 aromatic carbocycles. The lowest BCUT2D eigenvalue weighted by Gasteiger charge is -2.33. The lowest BCUT2D eigenvalue weighted by Crippen LogP contribution is -2.50. The summed E-state index contributed by atoms with van der Waals surface area (Å²) in [6.45, 7) is 1.06. The molecule has 1 saturated heterocycles. The largest absolute Gasteiger partial charge is 0.481 e. The van der Waals surface area contributed by atoms with Gasteiger partial charge in [-0.1, -0.05) is 19.3 Å². The molecular weight excluding hydrogens is 260 g/mol. The van der Waals surface area contributed by atoms with Gasteiger partial charge in [0, 0.05) is 25.8 Å². The van der Waals surface area contributed by atoms with E-state index >= 15 is 0 Å². The van der Waals surface area contributed by atoms with Crippen LogP contribution in [0.15, 0.2) is 0 Å². The van der Waals surface area contributed by atoms with E-state index in [-0.39, 0.29) is 18.6 Å². The molecule has 3 N–H and O–H groups in total. The molecule has 2 aliphatic rings. The molecule has 2 amide bonds. The number of carboxylic acid groups (broad SMARTS) is 1. The molecular formula is C14H24N2O4. The Kier molecular flexibility index (Phi) is 5.23. The average Bonchev–Trinajstić information content (AvgIpc) is 2.47. The van der Waals surface area contributed by atoms with Gasteiger partial charge in [0.15, 0.2) is 0 Å². The smallest absolute Gasteiger partial charge is 0.315 e. The Morgan fingerprint density at radius 3 is 2.40 bits per heavy atom. The molecule has 6 heteroatoms. The Bertz CT molecular complexity index is 347. The van der Waals surface area contributed by atoms with Crippen LogP contribution in [0.1, 0.15) is 44.9 Å². The number of nitrogens with one attached hydrogen (secondary N) is 2. The molecule has 2 fully saturated rings. The quantitative estimate of drug-likeness (QED) is 0.730. The van der Waals surface area contributed by atoms with Gasteiger partial charge in [0.2, 0.25) is 0 Å². The fraction of sp³-hybridized carbons (Fsp3) is 0.857. The van der Waals surface area contributed by atoms with E-state index in [1.807, 2.05) is 0 Å². The van der Waals surface area contributed by atoms with Gasteiger partial charge in [-0.3, -0.25) is 4.79 Å². The van der Waals surface area contributed by atoms with Crippen LogP contribution < -0.4 is 10.6 Å². The predicted octanol–water partition coefficient (Wildman–Crippen LogP) is 1.50. The Balaban J connectivity index is 1.79. The highest BCUT2D eigenvalue weighted by Gasteiger charge is 2.40. The van der Waals surface area contributed by atoms with Gasteiger partial charge in [-0.2, -0.15) is 0 Å². The number of hydrogen-bond donors (Lipinski definition) is 3. The lowest BCUT2D eigenvalue weighted by atomic mass is 9.80. The molecule has 1 aliphatic heterocycles. The van der Waals surface area contributed by atoms with Crippen molar-refractivity contribution in [3.63, 3.8) is 0 Å². The van der Waals surface area contributed by atoms with Gasteiger partial charge in [0.05, 0.1) is 5.41 Å². The number of urea groups is 1. The number of aliphatic carboxylic acids is 1. The van der Waals surface area contributed by atoms with Crippen LogP contribution in [-0.2, 0) is 9.53 Å². The third-order valence-corrected chi connectivity index (χ3v) is 4.43.